The highest BCUT2D eigenvalue weighted by atomic mass is 19.2. The fourth-order valence-corrected chi connectivity index (χ4v) is 4.85. The largest absolute Gasteiger partial charge is 0.458 e. The van der Waals surface area contributed by atoms with Crippen LogP contribution in [0.2, 0.25) is 0 Å². The first kappa shape index (κ1) is 27.6. The van der Waals surface area contributed by atoms with Crippen LogP contribution in [0.3, 0.4) is 0 Å². The molecule has 202 valence electrons. The summed E-state index contributed by atoms with van der Waals surface area (Å²) in [5.41, 5.74) is 0.526. The van der Waals surface area contributed by atoms with E-state index in [1.807, 2.05) is 51.1 Å². The molecular weight excluding hydrogens is 490 g/mol. The molecule has 1 aromatic heterocycles. The zero-order valence-corrected chi connectivity index (χ0v) is 22.1. The maximum Gasteiger partial charge on any atom is 0.332 e. The van der Waals surface area contributed by atoms with Gasteiger partial charge in [0.05, 0.1) is 12.3 Å². The molecule has 0 N–H and O–H groups in total. The number of ether oxygens (including phenoxy) is 2. The van der Waals surface area contributed by atoms with Gasteiger partial charge in [0.15, 0.2) is 11.6 Å². The van der Waals surface area contributed by atoms with Gasteiger partial charge < -0.3 is 9.47 Å². The predicted octanol–water partition coefficient (Wildman–Crippen LogP) is 6.02. The van der Waals surface area contributed by atoms with E-state index in [1.54, 1.807) is 0 Å². The molecule has 0 unspecified atom stereocenters. The monoisotopic (exact) mass is 524 g/mol. The Balaban J connectivity index is 1.44. The highest BCUT2D eigenvalue weighted by Crippen LogP contribution is 2.33. The minimum absolute atomic E-state index is 0.00694. The maximum absolute atomic E-state index is 14.7. The Labute approximate surface area is 221 Å². The molecule has 1 saturated carbocycles. The first-order chi connectivity index (χ1) is 18.1. The Hall–Kier alpha value is -3.39. The van der Waals surface area contributed by atoms with Gasteiger partial charge in [-0.05, 0) is 64.4 Å². The first-order valence-corrected chi connectivity index (χ1v) is 13.0. The summed E-state index contributed by atoms with van der Waals surface area (Å²) in [7, 11) is 0. The molecule has 1 heterocycles. The molecule has 3 aromatic rings. The zero-order valence-electron chi connectivity index (χ0n) is 22.1. The van der Waals surface area contributed by atoms with Crippen molar-refractivity contribution in [1.29, 1.82) is 0 Å². The Morgan fingerprint density at radius 1 is 0.974 bits per heavy atom. The van der Waals surface area contributed by atoms with E-state index in [4.69, 9.17) is 9.47 Å². The predicted molar refractivity (Wildman–Crippen MR) is 141 cm³/mol. The topological polar surface area (TPSA) is 70.4 Å². The molecule has 1 aliphatic rings. The molecule has 1 fully saturated rings. The molecule has 0 spiro atoms. The fourth-order valence-electron chi connectivity index (χ4n) is 4.85. The summed E-state index contributed by atoms with van der Waals surface area (Å²) in [6, 6.07) is 14.5. The van der Waals surface area contributed by atoms with Crippen LogP contribution in [0.15, 0.2) is 59.4 Å². The molecule has 0 saturated heterocycles. The van der Waals surface area contributed by atoms with Gasteiger partial charge in [-0.2, -0.15) is 5.10 Å². The minimum atomic E-state index is -1.00. The van der Waals surface area contributed by atoms with E-state index >= 15 is 0 Å². The van der Waals surface area contributed by atoms with E-state index in [2.05, 4.69) is 5.10 Å². The van der Waals surface area contributed by atoms with E-state index in [0.717, 1.165) is 31.7 Å². The van der Waals surface area contributed by atoms with Crippen molar-refractivity contribution >= 4 is 5.97 Å². The number of benzene rings is 2. The number of esters is 1. The quantitative estimate of drug-likeness (QED) is 0.337. The van der Waals surface area contributed by atoms with Crippen molar-refractivity contribution in [2.75, 3.05) is 13.2 Å². The van der Waals surface area contributed by atoms with Crippen LogP contribution < -0.4 is 5.56 Å². The standard InChI is InChI=1S/C30H34F2N2O4/c1-30(2,3)38-27(36)19-37-18-21-14-12-20(13-15-21)17-34-26(35)16-24(23-10-7-11-25(31)28(23)32)29(33-34)22-8-5-4-6-9-22/h4-11,16,20-21H,12-15,17-19H2,1-3H3/t20-,21-. The highest BCUT2D eigenvalue weighted by Gasteiger charge is 2.24. The van der Waals surface area contributed by atoms with Gasteiger partial charge in [-0.15, -0.1) is 0 Å². The molecule has 38 heavy (non-hydrogen) atoms. The maximum atomic E-state index is 14.7. The van der Waals surface area contributed by atoms with Crippen molar-refractivity contribution < 1.29 is 23.0 Å². The molecule has 4 rings (SSSR count). The Morgan fingerprint density at radius 2 is 1.66 bits per heavy atom. The van der Waals surface area contributed by atoms with Gasteiger partial charge in [0.1, 0.15) is 12.2 Å². The minimum Gasteiger partial charge on any atom is -0.458 e. The molecule has 0 aliphatic heterocycles. The van der Waals surface area contributed by atoms with Gasteiger partial charge in [0.25, 0.3) is 5.56 Å². The van der Waals surface area contributed by atoms with Gasteiger partial charge in [-0.3, -0.25) is 4.79 Å². The van der Waals surface area contributed by atoms with Gasteiger partial charge >= 0.3 is 5.97 Å². The average molecular weight is 525 g/mol. The third kappa shape index (κ3) is 7.13. The first-order valence-electron chi connectivity index (χ1n) is 13.0. The average Bonchev–Trinajstić information content (AvgIpc) is 2.87. The van der Waals surface area contributed by atoms with E-state index in [1.165, 1.54) is 22.9 Å². The Bertz CT molecular complexity index is 1310. The zero-order chi connectivity index (χ0) is 27.3. The molecule has 2 aromatic carbocycles. The van der Waals surface area contributed by atoms with Crippen LogP contribution in [0.25, 0.3) is 22.4 Å². The molecular formula is C30H34F2N2O4. The molecule has 0 radical (unpaired) electrons. The normalized spacial score (nSPS) is 17.8. The summed E-state index contributed by atoms with van der Waals surface area (Å²) in [5.74, 6) is -1.75. The summed E-state index contributed by atoms with van der Waals surface area (Å²) in [6.45, 7) is 6.34. The number of halogens is 2. The molecule has 0 amide bonds. The smallest absolute Gasteiger partial charge is 0.332 e. The number of carbonyl (C=O) groups is 1. The van der Waals surface area contributed by atoms with Crippen molar-refractivity contribution in [3.63, 3.8) is 0 Å². The summed E-state index contributed by atoms with van der Waals surface area (Å²) in [4.78, 5) is 24.9. The van der Waals surface area contributed by atoms with Crippen molar-refractivity contribution in [3.8, 4) is 22.4 Å². The van der Waals surface area contributed by atoms with Crippen molar-refractivity contribution in [1.82, 2.24) is 9.78 Å². The van der Waals surface area contributed by atoms with Gasteiger partial charge in [-0.1, -0.05) is 42.5 Å². The number of rotatable bonds is 8. The van der Waals surface area contributed by atoms with E-state index in [9.17, 15) is 18.4 Å². The van der Waals surface area contributed by atoms with Crippen LogP contribution >= 0.6 is 0 Å². The fraction of sp³-hybridized carbons (Fsp3) is 0.433. The molecule has 0 bridgehead atoms. The van der Waals surface area contributed by atoms with Crippen LogP contribution in [-0.2, 0) is 20.8 Å². The van der Waals surface area contributed by atoms with Crippen molar-refractivity contribution in [2.45, 2.75) is 58.6 Å². The SMILES string of the molecule is CC(C)(C)OC(=O)COC[C@H]1CC[C@H](Cn2nc(-c3ccccc3)c(-c3cccc(F)c3F)cc2=O)CC1. The summed E-state index contributed by atoms with van der Waals surface area (Å²) < 4.78 is 41.0. The van der Waals surface area contributed by atoms with Gasteiger partial charge in [-0.25, -0.2) is 18.3 Å². The second-order valence-electron chi connectivity index (χ2n) is 10.9. The van der Waals surface area contributed by atoms with E-state index in [0.29, 0.717) is 30.3 Å². The second kappa shape index (κ2) is 12.0. The van der Waals surface area contributed by atoms with Crippen molar-refractivity contribution in [3.05, 3.63) is 76.6 Å². The Kier molecular flexibility index (Phi) is 8.72. The third-order valence-corrected chi connectivity index (χ3v) is 6.68. The summed E-state index contributed by atoms with van der Waals surface area (Å²) >= 11 is 0. The molecule has 8 heteroatoms. The van der Waals surface area contributed by atoms with E-state index in [-0.39, 0.29) is 35.2 Å². The van der Waals surface area contributed by atoms with E-state index < -0.39 is 17.2 Å². The van der Waals surface area contributed by atoms with Gasteiger partial charge in [0.2, 0.25) is 0 Å². The van der Waals surface area contributed by atoms with Crippen LogP contribution in [-0.4, -0.2) is 34.6 Å². The number of aromatic nitrogens is 2. The third-order valence-electron chi connectivity index (χ3n) is 6.68. The number of hydrogen-bond donors (Lipinski definition) is 0. The lowest BCUT2D eigenvalue weighted by Crippen LogP contribution is -2.30. The number of carbonyl (C=O) groups excluding carboxylic acids is 1. The van der Waals surface area contributed by atoms with Crippen LogP contribution in [0, 0.1) is 23.5 Å². The lowest BCUT2D eigenvalue weighted by atomic mass is 9.82. The van der Waals surface area contributed by atoms with Crippen LogP contribution in [0.1, 0.15) is 46.5 Å². The number of hydrogen-bond acceptors (Lipinski definition) is 5. The summed E-state index contributed by atoms with van der Waals surface area (Å²) in [6.07, 6.45) is 3.64. The van der Waals surface area contributed by atoms with Gasteiger partial charge in [0, 0.05) is 29.3 Å². The van der Waals surface area contributed by atoms with Crippen molar-refractivity contribution in [2.24, 2.45) is 11.8 Å². The molecule has 0 atom stereocenters. The summed E-state index contributed by atoms with van der Waals surface area (Å²) in [5, 5.41) is 4.64. The van der Waals surface area contributed by atoms with Crippen LogP contribution in [0.5, 0.6) is 0 Å². The van der Waals surface area contributed by atoms with Crippen LogP contribution in [0.4, 0.5) is 8.78 Å². The lowest BCUT2D eigenvalue weighted by molar-refractivity contribution is -0.160. The molecule has 1 aliphatic carbocycles. The highest BCUT2D eigenvalue weighted by molar-refractivity contribution is 5.80. The number of nitrogens with zero attached hydrogens (tertiary/aromatic N) is 2. The lowest BCUT2D eigenvalue weighted by Gasteiger charge is -2.28. The molecule has 6 nitrogen and oxygen atoms in total. The second-order valence-corrected chi connectivity index (χ2v) is 10.9. The Morgan fingerprint density at radius 3 is 2.34 bits per heavy atom.